The highest BCUT2D eigenvalue weighted by Gasteiger charge is 2.26. The molecule has 1 unspecified atom stereocenters. The summed E-state index contributed by atoms with van der Waals surface area (Å²) in [4.78, 5) is 38.2. The Kier molecular flexibility index (Phi) is 8.80. The Morgan fingerprint density at radius 2 is 1.73 bits per heavy atom. The summed E-state index contributed by atoms with van der Waals surface area (Å²) in [6.07, 6.45) is 1.47. The number of nitrogens with zero attached hydrogens (tertiary/aromatic N) is 5. The molecule has 3 heterocycles. The number of benzene rings is 1. The molecule has 0 radical (unpaired) electrons. The van der Waals surface area contributed by atoms with Gasteiger partial charge >= 0.3 is 6.09 Å². The van der Waals surface area contributed by atoms with Crippen molar-refractivity contribution in [3.8, 4) is 0 Å². The molecule has 1 aliphatic heterocycles. The van der Waals surface area contributed by atoms with Gasteiger partial charge in [0, 0.05) is 68.9 Å². The topological polar surface area (TPSA) is 113 Å². The zero-order valence-corrected chi connectivity index (χ0v) is 24.5. The summed E-state index contributed by atoms with van der Waals surface area (Å²) in [5, 5.41) is 13.8. The fourth-order valence-corrected chi connectivity index (χ4v) is 4.63. The first-order valence-corrected chi connectivity index (χ1v) is 13.9. The molecule has 1 amide bonds. The summed E-state index contributed by atoms with van der Waals surface area (Å²) in [6, 6.07) is 11.6. The monoisotopic (exact) mass is 550 g/mol. The molecule has 0 spiro atoms. The van der Waals surface area contributed by atoms with Crippen molar-refractivity contribution in [3.63, 3.8) is 0 Å². The molecule has 0 aliphatic carbocycles. The van der Waals surface area contributed by atoms with Crippen LogP contribution in [0.4, 0.5) is 10.7 Å². The van der Waals surface area contributed by atoms with Crippen molar-refractivity contribution in [1.82, 2.24) is 24.3 Å². The lowest BCUT2D eigenvalue weighted by Gasteiger charge is -2.35. The molecule has 1 aliphatic rings. The Labute approximate surface area is 236 Å². The van der Waals surface area contributed by atoms with Gasteiger partial charge in [-0.2, -0.15) is 4.98 Å². The van der Waals surface area contributed by atoms with E-state index in [0.717, 1.165) is 30.6 Å². The number of ether oxygens (including phenoxy) is 1. The molecule has 4 rings (SSSR count). The predicted octanol–water partition coefficient (Wildman–Crippen LogP) is 4.04. The number of piperazine rings is 1. The van der Waals surface area contributed by atoms with Gasteiger partial charge in [-0.05, 0) is 44.9 Å². The maximum atomic E-state index is 12.6. The minimum atomic E-state index is -0.484. The number of carbonyl (C=O) groups is 1. The number of aliphatic hydroxyl groups excluding tert-OH is 1. The second-order valence-electron chi connectivity index (χ2n) is 12.4. The van der Waals surface area contributed by atoms with Gasteiger partial charge < -0.3 is 20.1 Å². The molecule has 3 aromatic rings. The Balaban J connectivity index is 1.37. The van der Waals surface area contributed by atoms with Gasteiger partial charge in [-0.3, -0.25) is 14.3 Å². The van der Waals surface area contributed by atoms with Gasteiger partial charge in [0.05, 0.1) is 6.04 Å². The molecule has 1 aromatic carbocycles. The predicted molar refractivity (Wildman–Crippen MR) is 156 cm³/mol. The first kappa shape index (κ1) is 29.5. The zero-order chi connectivity index (χ0) is 29.1. The van der Waals surface area contributed by atoms with E-state index in [0.29, 0.717) is 31.2 Å². The third-order valence-corrected chi connectivity index (χ3v) is 6.99. The van der Waals surface area contributed by atoms with Crippen LogP contribution < -0.4 is 10.9 Å². The highest BCUT2D eigenvalue weighted by molar-refractivity contribution is 5.75. The van der Waals surface area contributed by atoms with Crippen LogP contribution in [0.3, 0.4) is 0 Å². The highest BCUT2D eigenvalue weighted by Crippen LogP contribution is 2.22. The number of carbonyl (C=O) groups excluding carboxylic acids is 1. The Morgan fingerprint density at radius 1 is 1.05 bits per heavy atom. The second-order valence-corrected chi connectivity index (χ2v) is 12.4. The highest BCUT2D eigenvalue weighted by atomic mass is 16.6. The number of fused-ring (bicyclic) bond motifs is 1. The number of nitrogens with one attached hydrogen (secondary N) is 1. The van der Waals surface area contributed by atoms with Crippen molar-refractivity contribution in [2.75, 3.05) is 38.1 Å². The van der Waals surface area contributed by atoms with Crippen molar-refractivity contribution in [2.45, 2.75) is 66.3 Å². The molecule has 1 atom stereocenters. The van der Waals surface area contributed by atoms with Gasteiger partial charge in [0.25, 0.3) is 5.56 Å². The lowest BCUT2D eigenvalue weighted by molar-refractivity contribution is 0.0139. The molecule has 2 N–H and O–H groups in total. The fraction of sp³-hybridized carbons (Fsp3) is 0.533. The summed E-state index contributed by atoms with van der Waals surface area (Å²) in [5.41, 5.74) is 1.74. The van der Waals surface area contributed by atoms with Gasteiger partial charge in [0.2, 0.25) is 5.95 Å². The quantitative estimate of drug-likeness (QED) is 0.432. The van der Waals surface area contributed by atoms with Gasteiger partial charge in [-0.25, -0.2) is 9.78 Å². The number of hydrogen-bond donors (Lipinski definition) is 2. The Morgan fingerprint density at radius 3 is 2.35 bits per heavy atom. The van der Waals surface area contributed by atoms with Crippen molar-refractivity contribution in [1.29, 1.82) is 0 Å². The maximum Gasteiger partial charge on any atom is 0.410 e. The first-order valence-electron chi connectivity index (χ1n) is 13.9. The number of anilines is 1. The average Bonchev–Trinajstić information content (AvgIpc) is 2.90. The van der Waals surface area contributed by atoms with Gasteiger partial charge in [0.1, 0.15) is 11.2 Å². The molecular weight excluding hydrogens is 508 g/mol. The van der Waals surface area contributed by atoms with E-state index in [1.165, 1.54) is 11.6 Å². The number of aliphatic hydroxyl groups is 1. The lowest BCUT2D eigenvalue weighted by Crippen LogP contribution is -2.49. The van der Waals surface area contributed by atoms with Crippen LogP contribution in [0, 0.1) is 5.41 Å². The van der Waals surface area contributed by atoms with E-state index >= 15 is 0 Å². The SMILES string of the molecule is CC(Nc1ncc2ccc(=O)n(CC(C)(C)CO)c2n1)c1ccc(CN2CCN(C(=O)OC(C)(C)C)CC2)cc1. The normalized spacial score (nSPS) is 15.7. The van der Waals surface area contributed by atoms with Crippen molar-refractivity contribution >= 4 is 23.1 Å². The minimum absolute atomic E-state index is 0.0403. The van der Waals surface area contributed by atoms with E-state index in [4.69, 9.17) is 4.74 Å². The van der Waals surface area contributed by atoms with E-state index in [9.17, 15) is 14.7 Å². The van der Waals surface area contributed by atoms with Gasteiger partial charge in [-0.15, -0.1) is 0 Å². The Hall–Kier alpha value is -3.50. The molecule has 10 heteroatoms. The number of pyridine rings is 1. The largest absolute Gasteiger partial charge is 0.444 e. The molecular formula is C30H42N6O4. The summed E-state index contributed by atoms with van der Waals surface area (Å²) < 4.78 is 7.10. The number of rotatable bonds is 8. The van der Waals surface area contributed by atoms with Crippen LogP contribution in [0.1, 0.15) is 58.7 Å². The summed E-state index contributed by atoms with van der Waals surface area (Å²) in [5.74, 6) is 0.438. The molecule has 10 nitrogen and oxygen atoms in total. The van der Waals surface area contributed by atoms with Crippen LogP contribution in [0.5, 0.6) is 0 Å². The molecule has 1 fully saturated rings. The van der Waals surface area contributed by atoms with E-state index in [-0.39, 0.29) is 24.3 Å². The van der Waals surface area contributed by atoms with Crippen molar-refractivity contribution < 1.29 is 14.6 Å². The molecule has 1 saturated heterocycles. The number of amides is 1. The van der Waals surface area contributed by atoms with Crippen LogP contribution in [-0.4, -0.2) is 73.9 Å². The van der Waals surface area contributed by atoms with Crippen LogP contribution in [-0.2, 0) is 17.8 Å². The van der Waals surface area contributed by atoms with E-state index in [1.807, 2.05) is 41.5 Å². The fourth-order valence-electron chi connectivity index (χ4n) is 4.63. The lowest BCUT2D eigenvalue weighted by atomic mass is 9.95. The average molecular weight is 551 g/mol. The second kappa shape index (κ2) is 11.9. The van der Waals surface area contributed by atoms with Gasteiger partial charge in [0.15, 0.2) is 0 Å². The van der Waals surface area contributed by atoms with Crippen LogP contribution >= 0.6 is 0 Å². The van der Waals surface area contributed by atoms with Crippen LogP contribution in [0.2, 0.25) is 0 Å². The third kappa shape index (κ3) is 7.57. The number of hydrogen-bond acceptors (Lipinski definition) is 8. The summed E-state index contributed by atoms with van der Waals surface area (Å²) in [7, 11) is 0. The molecule has 40 heavy (non-hydrogen) atoms. The molecule has 2 aromatic heterocycles. The molecule has 216 valence electrons. The minimum Gasteiger partial charge on any atom is -0.444 e. The smallest absolute Gasteiger partial charge is 0.410 e. The third-order valence-electron chi connectivity index (χ3n) is 6.99. The molecule has 0 saturated carbocycles. The Bertz CT molecular complexity index is 1370. The summed E-state index contributed by atoms with van der Waals surface area (Å²) >= 11 is 0. The van der Waals surface area contributed by atoms with E-state index in [1.54, 1.807) is 21.7 Å². The van der Waals surface area contributed by atoms with Gasteiger partial charge in [-0.1, -0.05) is 38.1 Å². The number of aromatic nitrogens is 3. The van der Waals surface area contributed by atoms with Crippen LogP contribution in [0.25, 0.3) is 11.0 Å². The van der Waals surface area contributed by atoms with Crippen LogP contribution in [0.15, 0.2) is 47.4 Å². The van der Waals surface area contributed by atoms with Crippen molar-refractivity contribution in [2.24, 2.45) is 5.41 Å². The molecule has 0 bridgehead atoms. The maximum absolute atomic E-state index is 12.6. The van der Waals surface area contributed by atoms with E-state index in [2.05, 4.69) is 44.5 Å². The van der Waals surface area contributed by atoms with E-state index < -0.39 is 11.0 Å². The standard InChI is InChI=1S/C30H42N6O4/c1-21(32-27-31-17-24-11-12-25(38)36(26(24)33-27)19-30(5,6)20-37)23-9-7-22(8-10-23)18-34-13-15-35(16-14-34)28(39)40-29(2,3)4/h7-12,17,21,37H,13-16,18-20H2,1-6H3,(H,31,32,33). The first-order chi connectivity index (χ1) is 18.8. The summed E-state index contributed by atoms with van der Waals surface area (Å²) in [6.45, 7) is 15.6. The zero-order valence-electron chi connectivity index (χ0n) is 24.5. The van der Waals surface area contributed by atoms with Crippen molar-refractivity contribution in [3.05, 3.63) is 64.1 Å².